The number of nitrogens with two attached hydrogens (primary N) is 1. The number of hydrogen-bond acceptors (Lipinski definition) is 3. The maximum Gasteiger partial charge on any atom is 0.322 e. The molecule has 0 aromatic rings. The van der Waals surface area contributed by atoms with Crippen LogP contribution in [0.1, 0.15) is 25.7 Å². The molecule has 4 atom stereocenters. The molecule has 88 valence electrons. The van der Waals surface area contributed by atoms with Crippen LogP contribution >= 0.6 is 0 Å². The minimum atomic E-state index is -1.41. The Kier molecular flexibility index (Phi) is 4.45. The van der Waals surface area contributed by atoms with Crippen LogP contribution in [0.3, 0.4) is 0 Å². The summed E-state index contributed by atoms with van der Waals surface area (Å²) in [6.45, 7) is 0. The summed E-state index contributed by atoms with van der Waals surface area (Å²) in [5, 5.41) is 0. The molecule has 0 bridgehead atoms. The SMILES string of the molecule is COC(=O)[C@@H](N)CC1CCC(F)C(F)C1. The normalized spacial score (nSPS) is 33.5. The van der Waals surface area contributed by atoms with Gasteiger partial charge in [0.25, 0.3) is 0 Å². The van der Waals surface area contributed by atoms with Crippen molar-refractivity contribution in [2.24, 2.45) is 11.7 Å². The first kappa shape index (κ1) is 12.4. The Morgan fingerprint density at radius 2 is 2.13 bits per heavy atom. The lowest BCUT2D eigenvalue weighted by Crippen LogP contribution is -2.36. The molecule has 15 heavy (non-hydrogen) atoms. The van der Waals surface area contributed by atoms with E-state index in [0.29, 0.717) is 12.8 Å². The van der Waals surface area contributed by atoms with E-state index in [1.807, 2.05) is 0 Å². The van der Waals surface area contributed by atoms with Crippen LogP contribution in [0.15, 0.2) is 0 Å². The molecule has 3 unspecified atom stereocenters. The van der Waals surface area contributed by atoms with Gasteiger partial charge in [-0.1, -0.05) is 0 Å². The Morgan fingerprint density at radius 1 is 1.47 bits per heavy atom. The first-order chi connectivity index (χ1) is 7.04. The zero-order valence-electron chi connectivity index (χ0n) is 8.79. The van der Waals surface area contributed by atoms with Gasteiger partial charge in [0.1, 0.15) is 18.4 Å². The van der Waals surface area contributed by atoms with Gasteiger partial charge in [-0.2, -0.15) is 0 Å². The number of rotatable bonds is 3. The number of halogens is 2. The molecule has 1 saturated carbocycles. The molecule has 5 heteroatoms. The van der Waals surface area contributed by atoms with Crippen molar-refractivity contribution in [3.8, 4) is 0 Å². The molecule has 0 aliphatic heterocycles. The summed E-state index contributed by atoms with van der Waals surface area (Å²) in [5.74, 6) is -0.506. The first-order valence-corrected chi connectivity index (χ1v) is 5.16. The van der Waals surface area contributed by atoms with Gasteiger partial charge in [-0.25, -0.2) is 8.78 Å². The maximum atomic E-state index is 13.0. The van der Waals surface area contributed by atoms with Crippen molar-refractivity contribution < 1.29 is 18.3 Å². The van der Waals surface area contributed by atoms with E-state index in [1.54, 1.807) is 0 Å². The quantitative estimate of drug-likeness (QED) is 0.732. The van der Waals surface area contributed by atoms with Crippen molar-refractivity contribution in [3.05, 3.63) is 0 Å². The van der Waals surface area contributed by atoms with Crippen LogP contribution in [-0.4, -0.2) is 31.5 Å². The minimum absolute atomic E-state index is 0.0129. The molecule has 0 heterocycles. The van der Waals surface area contributed by atoms with Crippen LogP contribution < -0.4 is 5.73 Å². The number of carbonyl (C=O) groups is 1. The number of alkyl halides is 2. The third-order valence-corrected chi connectivity index (χ3v) is 2.89. The molecule has 0 aromatic heterocycles. The Bertz CT molecular complexity index is 225. The largest absolute Gasteiger partial charge is 0.468 e. The van der Waals surface area contributed by atoms with Gasteiger partial charge in [0, 0.05) is 0 Å². The van der Waals surface area contributed by atoms with E-state index in [0.717, 1.165) is 0 Å². The zero-order valence-corrected chi connectivity index (χ0v) is 8.79. The van der Waals surface area contributed by atoms with Crippen molar-refractivity contribution in [3.63, 3.8) is 0 Å². The van der Waals surface area contributed by atoms with Crippen molar-refractivity contribution in [2.45, 2.75) is 44.1 Å². The standard InChI is InChI=1S/C10H17F2NO2/c1-15-10(14)9(13)5-6-2-3-7(11)8(12)4-6/h6-9H,2-5,13H2,1H3/t6?,7?,8?,9-/m0/s1. The third kappa shape index (κ3) is 3.41. The summed E-state index contributed by atoms with van der Waals surface area (Å²) in [5.41, 5.74) is 5.55. The van der Waals surface area contributed by atoms with Crippen LogP contribution in [0.2, 0.25) is 0 Å². The smallest absolute Gasteiger partial charge is 0.322 e. The molecule has 0 spiro atoms. The second kappa shape index (κ2) is 5.39. The van der Waals surface area contributed by atoms with Crippen molar-refractivity contribution in [2.75, 3.05) is 7.11 Å². The first-order valence-electron chi connectivity index (χ1n) is 5.16. The average molecular weight is 221 g/mol. The predicted octanol–water partition coefficient (Wildman–Crippen LogP) is 1.35. The van der Waals surface area contributed by atoms with Crippen LogP contribution in [0.5, 0.6) is 0 Å². The second-order valence-electron chi connectivity index (χ2n) is 4.08. The van der Waals surface area contributed by atoms with Gasteiger partial charge >= 0.3 is 5.97 Å². The van der Waals surface area contributed by atoms with Gasteiger partial charge in [-0.15, -0.1) is 0 Å². The van der Waals surface area contributed by atoms with Crippen LogP contribution in [0, 0.1) is 5.92 Å². The molecule has 0 radical (unpaired) electrons. The maximum absolute atomic E-state index is 13.0. The van der Waals surface area contributed by atoms with Gasteiger partial charge in [0.2, 0.25) is 0 Å². The molecule has 1 rings (SSSR count). The van der Waals surface area contributed by atoms with Crippen molar-refractivity contribution >= 4 is 5.97 Å². The highest BCUT2D eigenvalue weighted by atomic mass is 19.2. The van der Waals surface area contributed by atoms with E-state index >= 15 is 0 Å². The summed E-state index contributed by atoms with van der Waals surface area (Å²) in [4.78, 5) is 11.0. The Morgan fingerprint density at radius 3 is 2.67 bits per heavy atom. The van der Waals surface area contributed by atoms with E-state index in [2.05, 4.69) is 4.74 Å². The summed E-state index contributed by atoms with van der Waals surface area (Å²) < 4.78 is 30.3. The van der Waals surface area contributed by atoms with Gasteiger partial charge in [0.05, 0.1) is 7.11 Å². The van der Waals surface area contributed by atoms with Gasteiger partial charge < -0.3 is 10.5 Å². The average Bonchev–Trinajstić information content (AvgIpc) is 2.22. The van der Waals surface area contributed by atoms with E-state index in [9.17, 15) is 13.6 Å². The third-order valence-electron chi connectivity index (χ3n) is 2.89. The number of methoxy groups -OCH3 is 1. The molecule has 3 nitrogen and oxygen atoms in total. The van der Waals surface area contributed by atoms with E-state index in [-0.39, 0.29) is 18.8 Å². The summed E-state index contributed by atoms with van der Waals surface area (Å²) >= 11 is 0. The summed E-state index contributed by atoms with van der Waals surface area (Å²) in [7, 11) is 1.26. The molecular formula is C10H17F2NO2. The highest BCUT2D eigenvalue weighted by Crippen LogP contribution is 2.31. The second-order valence-corrected chi connectivity index (χ2v) is 4.08. The summed E-state index contributed by atoms with van der Waals surface area (Å²) in [6, 6.07) is -0.719. The molecule has 1 aliphatic carbocycles. The van der Waals surface area contributed by atoms with Gasteiger partial charge in [0.15, 0.2) is 0 Å². The Hall–Kier alpha value is -0.710. The van der Waals surface area contributed by atoms with Gasteiger partial charge in [-0.05, 0) is 31.6 Å². The lowest BCUT2D eigenvalue weighted by atomic mass is 9.83. The van der Waals surface area contributed by atoms with Crippen molar-refractivity contribution in [1.29, 1.82) is 0 Å². The van der Waals surface area contributed by atoms with Crippen LogP contribution in [0.4, 0.5) is 8.78 Å². The highest BCUT2D eigenvalue weighted by Gasteiger charge is 2.32. The fourth-order valence-corrected chi connectivity index (χ4v) is 1.98. The fraction of sp³-hybridized carbons (Fsp3) is 0.900. The summed E-state index contributed by atoms with van der Waals surface area (Å²) in [6.07, 6.45) is -1.42. The number of carbonyl (C=O) groups excluding carboxylic acids is 1. The lowest BCUT2D eigenvalue weighted by molar-refractivity contribution is -0.142. The van der Waals surface area contributed by atoms with E-state index in [4.69, 9.17) is 5.73 Å². The van der Waals surface area contributed by atoms with Crippen molar-refractivity contribution in [1.82, 2.24) is 0 Å². The van der Waals surface area contributed by atoms with E-state index < -0.39 is 24.4 Å². The Labute approximate surface area is 88.0 Å². The zero-order chi connectivity index (χ0) is 11.4. The highest BCUT2D eigenvalue weighted by molar-refractivity contribution is 5.75. The van der Waals surface area contributed by atoms with Crippen LogP contribution in [0.25, 0.3) is 0 Å². The molecule has 2 N–H and O–H groups in total. The predicted molar refractivity (Wildman–Crippen MR) is 51.7 cm³/mol. The number of hydrogen-bond donors (Lipinski definition) is 1. The molecule has 0 aromatic carbocycles. The molecule has 1 aliphatic rings. The molecule has 0 saturated heterocycles. The topological polar surface area (TPSA) is 52.3 Å². The molecule has 0 amide bonds. The monoisotopic (exact) mass is 221 g/mol. The fourth-order valence-electron chi connectivity index (χ4n) is 1.98. The number of ether oxygens (including phenoxy) is 1. The number of esters is 1. The molecular weight excluding hydrogens is 204 g/mol. The lowest BCUT2D eigenvalue weighted by Gasteiger charge is -2.28. The van der Waals surface area contributed by atoms with Gasteiger partial charge in [-0.3, -0.25) is 4.79 Å². The van der Waals surface area contributed by atoms with E-state index in [1.165, 1.54) is 7.11 Å². The Balaban J connectivity index is 2.36. The van der Waals surface area contributed by atoms with Crippen LogP contribution in [-0.2, 0) is 9.53 Å². The molecule has 1 fully saturated rings. The minimum Gasteiger partial charge on any atom is -0.468 e.